The number of sulfonamides is 1. The number of nitrogens with zero attached hydrogens (tertiary/aromatic N) is 6. The summed E-state index contributed by atoms with van der Waals surface area (Å²) < 4.78 is 29.0. The summed E-state index contributed by atoms with van der Waals surface area (Å²) in [4.78, 5) is 27.6. The Morgan fingerprint density at radius 1 is 1.09 bits per heavy atom. The van der Waals surface area contributed by atoms with E-state index < -0.39 is 14.9 Å². The van der Waals surface area contributed by atoms with Gasteiger partial charge in [-0.25, -0.2) is 8.42 Å². The fourth-order valence-electron chi connectivity index (χ4n) is 4.66. The van der Waals surface area contributed by atoms with E-state index in [4.69, 9.17) is 0 Å². The van der Waals surface area contributed by atoms with Crippen LogP contribution in [0.4, 0.5) is 5.69 Å². The summed E-state index contributed by atoms with van der Waals surface area (Å²) >= 11 is 0. The second-order valence-corrected chi connectivity index (χ2v) is 10.9. The number of aromatic nitrogens is 2. The first-order chi connectivity index (χ1) is 16.1. The molecule has 2 aromatic rings. The van der Waals surface area contributed by atoms with Gasteiger partial charge in [0.25, 0.3) is 5.69 Å². The fourth-order valence-corrected chi connectivity index (χ4v) is 6.13. The molecule has 3 heterocycles. The molecule has 12 heteroatoms. The van der Waals surface area contributed by atoms with Gasteiger partial charge in [-0.15, -0.1) is 0 Å². The molecule has 4 rings (SSSR count). The zero-order chi connectivity index (χ0) is 24.5. The van der Waals surface area contributed by atoms with Crippen LogP contribution in [-0.4, -0.2) is 82.4 Å². The third-order valence-corrected chi connectivity index (χ3v) is 8.59. The summed E-state index contributed by atoms with van der Waals surface area (Å²) in [5.74, 6) is -0.0833. The predicted molar refractivity (Wildman–Crippen MR) is 124 cm³/mol. The van der Waals surface area contributed by atoms with Crippen LogP contribution in [0.15, 0.2) is 35.4 Å². The standard InChI is InChI=1S/C22H30N6O5S/c1-17-19(15-24(2)23-17)16-25-11-13-26(14-12-25)22(29)18-7-9-27(10-8-18)34(32,33)21-5-3-20(4-6-21)28(30)31/h3-6,15,18H,7-14,16H2,1-2H3. The number of nitro groups is 1. The van der Waals surface area contributed by atoms with Crippen molar-refractivity contribution in [2.45, 2.75) is 31.2 Å². The van der Waals surface area contributed by atoms with Crippen molar-refractivity contribution < 1.29 is 18.1 Å². The Bertz CT molecular complexity index is 1150. The Labute approximate surface area is 199 Å². The van der Waals surface area contributed by atoms with Crippen molar-refractivity contribution in [3.8, 4) is 0 Å². The van der Waals surface area contributed by atoms with Crippen LogP contribution in [0, 0.1) is 23.0 Å². The average Bonchev–Trinajstić information content (AvgIpc) is 3.15. The number of carbonyl (C=O) groups is 1. The van der Waals surface area contributed by atoms with Crippen LogP contribution in [0.2, 0.25) is 0 Å². The van der Waals surface area contributed by atoms with E-state index in [0.29, 0.717) is 25.9 Å². The Kier molecular flexibility index (Phi) is 7.01. The van der Waals surface area contributed by atoms with E-state index in [2.05, 4.69) is 10.00 Å². The van der Waals surface area contributed by atoms with Gasteiger partial charge in [-0.05, 0) is 31.9 Å². The Morgan fingerprint density at radius 2 is 1.71 bits per heavy atom. The molecule has 1 amide bonds. The number of hydrogen-bond donors (Lipinski definition) is 0. The average molecular weight is 491 g/mol. The van der Waals surface area contributed by atoms with Gasteiger partial charge < -0.3 is 4.90 Å². The molecule has 2 saturated heterocycles. The highest BCUT2D eigenvalue weighted by Gasteiger charge is 2.34. The van der Waals surface area contributed by atoms with Gasteiger partial charge in [0.15, 0.2) is 0 Å². The zero-order valence-corrected chi connectivity index (χ0v) is 20.3. The molecule has 0 radical (unpaired) electrons. The lowest BCUT2D eigenvalue weighted by Gasteiger charge is -2.38. The van der Waals surface area contributed by atoms with E-state index in [-0.39, 0.29) is 35.5 Å². The predicted octanol–water partition coefficient (Wildman–Crippen LogP) is 1.38. The second kappa shape index (κ2) is 9.80. The molecule has 0 aliphatic carbocycles. The monoisotopic (exact) mass is 490 g/mol. The topological polar surface area (TPSA) is 122 Å². The Morgan fingerprint density at radius 3 is 2.24 bits per heavy atom. The van der Waals surface area contributed by atoms with Gasteiger partial charge >= 0.3 is 0 Å². The van der Waals surface area contributed by atoms with E-state index in [1.54, 1.807) is 0 Å². The molecule has 2 fully saturated rings. The first kappa shape index (κ1) is 24.3. The van der Waals surface area contributed by atoms with Gasteiger partial charge in [0.2, 0.25) is 15.9 Å². The lowest BCUT2D eigenvalue weighted by molar-refractivity contribution is -0.384. The lowest BCUT2D eigenvalue weighted by Crippen LogP contribution is -2.51. The van der Waals surface area contributed by atoms with Gasteiger partial charge in [-0.2, -0.15) is 9.40 Å². The van der Waals surface area contributed by atoms with Crippen LogP contribution in [0.3, 0.4) is 0 Å². The molecule has 1 aromatic heterocycles. The molecule has 0 saturated carbocycles. The van der Waals surface area contributed by atoms with Crippen LogP contribution in [0.1, 0.15) is 24.1 Å². The van der Waals surface area contributed by atoms with Crippen LogP contribution in [0.5, 0.6) is 0 Å². The van der Waals surface area contributed by atoms with Crippen molar-refractivity contribution in [1.29, 1.82) is 0 Å². The minimum atomic E-state index is -3.75. The summed E-state index contributed by atoms with van der Waals surface area (Å²) in [6, 6.07) is 4.91. The number of benzene rings is 1. The van der Waals surface area contributed by atoms with Crippen molar-refractivity contribution in [1.82, 2.24) is 23.9 Å². The molecule has 0 N–H and O–H groups in total. The highest BCUT2D eigenvalue weighted by Crippen LogP contribution is 2.26. The molecule has 0 unspecified atom stereocenters. The van der Waals surface area contributed by atoms with E-state index in [1.165, 1.54) is 34.1 Å². The van der Waals surface area contributed by atoms with Gasteiger partial charge in [-0.1, -0.05) is 0 Å². The summed E-state index contributed by atoms with van der Waals surface area (Å²) in [5, 5.41) is 15.2. The number of piperidine rings is 1. The smallest absolute Gasteiger partial charge is 0.269 e. The van der Waals surface area contributed by atoms with Crippen LogP contribution in [0.25, 0.3) is 0 Å². The van der Waals surface area contributed by atoms with Crippen molar-refractivity contribution >= 4 is 21.6 Å². The second-order valence-electron chi connectivity index (χ2n) is 8.94. The molecule has 2 aliphatic heterocycles. The fraction of sp³-hybridized carbons (Fsp3) is 0.545. The highest BCUT2D eigenvalue weighted by molar-refractivity contribution is 7.89. The van der Waals surface area contributed by atoms with Gasteiger partial charge in [0.05, 0.1) is 15.5 Å². The first-order valence-electron chi connectivity index (χ1n) is 11.4. The maximum Gasteiger partial charge on any atom is 0.269 e. The van der Waals surface area contributed by atoms with Crippen molar-refractivity contribution in [2.24, 2.45) is 13.0 Å². The zero-order valence-electron chi connectivity index (χ0n) is 19.5. The first-order valence-corrected chi connectivity index (χ1v) is 12.8. The largest absolute Gasteiger partial charge is 0.340 e. The molecular weight excluding hydrogens is 460 g/mol. The Balaban J connectivity index is 1.28. The molecule has 0 bridgehead atoms. The molecule has 0 atom stereocenters. The molecule has 1 aromatic carbocycles. The number of hydrogen-bond acceptors (Lipinski definition) is 7. The highest BCUT2D eigenvalue weighted by atomic mass is 32.2. The molecule has 0 spiro atoms. The third kappa shape index (κ3) is 5.13. The summed E-state index contributed by atoms with van der Waals surface area (Å²) in [6.45, 7) is 6.27. The lowest BCUT2D eigenvalue weighted by atomic mass is 9.96. The van der Waals surface area contributed by atoms with Crippen LogP contribution >= 0.6 is 0 Å². The van der Waals surface area contributed by atoms with Crippen LogP contribution < -0.4 is 0 Å². The van der Waals surface area contributed by atoms with Gasteiger partial charge in [0, 0.05) is 82.7 Å². The number of amides is 1. The minimum Gasteiger partial charge on any atom is -0.340 e. The third-order valence-electron chi connectivity index (χ3n) is 6.68. The van der Waals surface area contributed by atoms with Crippen molar-refractivity contribution in [3.63, 3.8) is 0 Å². The summed E-state index contributed by atoms with van der Waals surface area (Å²) in [6.07, 6.45) is 2.98. The number of nitro benzene ring substituents is 1. The van der Waals surface area contributed by atoms with E-state index in [0.717, 1.165) is 25.3 Å². The molecule has 184 valence electrons. The SMILES string of the molecule is Cc1nn(C)cc1CN1CCN(C(=O)C2CCN(S(=O)(=O)c3ccc([N+](=O)[O-])cc3)CC2)CC1. The Hall–Kier alpha value is -2.83. The van der Waals surface area contributed by atoms with E-state index >= 15 is 0 Å². The molecule has 2 aliphatic rings. The van der Waals surface area contributed by atoms with E-state index in [1.807, 2.05) is 29.7 Å². The van der Waals surface area contributed by atoms with Crippen molar-refractivity contribution in [2.75, 3.05) is 39.3 Å². The minimum absolute atomic E-state index is 0.0304. The van der Waals surface area contributed by atoms with Gasteiger partial charge in [0.1, 0.15) is 0 Å². The van der Waals surface area contributed by atoms with Crippen LogP contribution in [-0.2, 0) is 28.4 Å². The molecule has 11 nitrogen and oxygen atoms in total. The number of carbonyl (C=O) groups excluding carboxylic acids is 1. The summed E-state index contributed by atoms with van der Waals surface area (Å²) in [7, 11) is -1.83. The number of piperazine rings is 1. The normalized spacial score (nSPS) is 18.8. The van der Waals surface area contributed by atoms with E-state index in [9.17, 15) is 23.3 Å². The van der Waals surface area contributed by atoms with Gasteiger partial charge in [-0.3, -0.25) is 24.5 Å². The number of rotatable bonds is 6. The summed E-state index contributed by atoms with van der Waals surface area (Å²) in [5.41, 5.74) is 2.07. The maximum absolute atomic E-state index is 13.1. The number of non-ortho nitro benzene ring substituents is 1. The maximum atomic E-state index is 13.1. The molecular formula is C22H30N6O5S. The quantitative estimate of drug-likeness (QED) is 0.443. The van der Waals surface area contributed by atoms with Crippen molar-refractivity contribution in [3.05, 3.63) is 51.8 Å². The molecule has 34 heavy (non-hydrogen) atoms. The number of aryl methyl sites for hydroxylation is 2.